The molecule has 96 valence electrons. The lowest BCUT2D eigenvalue weighted by Gasteiger charge is -2.39. The molecule has 0 bridgehead atoms. The molecule has 1 saturated heterocycles. The lowest BCUT2D eigenvalue weighted by molar-refractivity contribution is -0.139. The van der Waals surface area contributed by atoms with E-state index in [1.807, 2.05) is 4.90 Å². The van der Waals surface area contributed by atoms with Gasteiger partial charge >= 0.3 is 0 Å². The van der Waals surface area contributed by atoms with Crippen molar-refractivity contribution in [3.05, 3.63) is 17.5 Å². The van der Waals surface area contributed by atoms with E-state index in [1.54, 1.807) is 0 Å². The molecule has 0 N–H and O–H groups in total. The maximum atomic E-state index is 11.7. The van der Waals surface area contributed by atoms with Crippen LogP contribution in [0.25, 0.3) is 0 Å². The molecule has 18 heavy (non-hydrogen) atoms. The van der Waals surface area contributed by atoms with Gasteiger partial charge in [-0.2, -0.15) is 4.98 Å². The first kappa shape index (κ1) is 11.7. The summed E-state index contributed by atoms with van der Waals surface area (Å²) >= 11 is 5.71. The summed E-state index contributed by atoms with van der Waals surface area (Å²) in [4.78, 5) is 21.5. The van der Waals surface area contributed by atoms with Gasteiger partial charge in [0.25, 0.3) is 0 Å². The molecule has 1 saturated carbocycles. The van der Waals surface area contributed by atoms with E-state index in [0.717, 1.165) is 25.9 Å². The summed E-state index contributed by atoms with van der Waals surface area (Å²) in [5, 5.41) is 0.326. The number of amides is 1. The third kappa shape index (κ3) is 2.56. The number of rotatable bonds is 4. The van der Waals surface area contributed by atoms with Gasteiger partial charge in [0.05, 0.1) is 19.0 Å². The lowest BCUT2D eigenvalue weighted by atomic mass is 10.0. The number of ether oxygens (including phenoxy) is 1. The van der Waals surface area contributed by atoms with Crippen LogP contribution in [0.15, 0.2) is 12.4 Å². The molecule has 6 heteroatoms. The van der Waals surface area contributed by atoms with E-state index in [0.29, 0.717) is 35.4 Å². The minimum atomic E-state index is 0.311. The topological polar surface area (TPSA) is 55.3 Å². The molecule has 0 spiro atoms. The predicted molar refractivity (Wildman–Crippen MR) is 65.3 cm³/mol. The van der Waals surface area contributed by atoms with E-state index in [9.17, 15) is 4.79 Å². The van der Waals surface area contributed by atoms with Crippen LogP contribution in [0.2, 0.25) is 5.15 Å². The van der Waals surface area contributed by atoms with Gasteiger partial charge in [-0.15, -0.1) is 0 Å². The summed E-state index contributed by atoms with van der Waals surface area (Å²) in [6.45, 7) is 2.15. The van der Waals surface area contributed by atoms with Crippen molar-refractivity contribution in [2.45, 2.75) is 12.8 Å². The molecule has 2 aliphatic rings. The van der Waals surface area contributed by atoms with Crippen molar-refractivity contribution in [3.63, 3.8) is 0 Å². The Balaban J connectivity index is 1.42. The number of nitrogens with zero attached hydrogens (tertiary/aromatic N) is 3. The molecule has 0 aromatic carbocycles. The fourth-order valence-electron chi connectivity index (χ4n) is 2.04. The number of hydrogen-bond donors (Lipinski definition) is 0. The van der Waals surface area contributed by atoms with Crippen molar-refractivity contribution in [1.29, 1.82) is 0 Å². The Morgan fingerprint density at radius 2 is 2.22 bits per heavy atom. The highest BCUT2D eigenvalue weighted by molar-refractivity contribution is 6.29. The Labute approximate surface area is 110 Å². The average Bonchev–Trinajstić information content (AvgIpc) is 3.10. The SMILES string of the molecule is O=C(C1CC1)N1CC(COc2cncc(Cl)n2)C1. The molecular formula is C12H14ClN3O2. The molecule has 1 aromatic rings. The van der Waals surface area contributed by atoms with Crippen molar-refractivity contribution in [1.82, 2.24) is 14.9 Å². The summed E-state index contributed by atoms with van der Waals surface area (Å²) in [6, 6.07) is 0. The molecule has 1 amide bonds. The lowest BCUT2D eigenvalue weighted by Crippen LogP contribution is -2.52. The molecule has 2 heterocycles. The Bertz CT molecular complexity index is 458. The molecule has 1 aliphatic heterocycles. The standard InChI is InChI=1S/C12H14ClN3O2/c13-10-3-14-4-11(15-10)18-7-8-5-16(6-8)12(17)9-1-2-9/h3-4,8-9H,1-2,5-7H2. The molecule has 5 nitrogen and oxygen atoms in total. The zero-order chi connectivity index (χ0) is 12.5. The zero-order valence-corrected chi connectivity index (χ0v) is 10.6. The van der Waals surface area contributed by atoms with Crippen molar-refractivity contribution < 1.29 is 9.53 Å². The predicted octanol–water partition coefficient (Wildman–Crippen LogP) is 1.38. The van der Waals surface area contributed by atoms with Crippen LogP contribution < -0.4 is 4.74 Å². The maximum absolute atomic E-state index is 11.7. The van der Waals surface area contributed by atoms with Crippen LogP contribution in [0.1, 0.15) is 12.8 Å². The quantitative estimate of drug-likeness (QED) is 0.827. The van der Waals surface area contributed by atoms with Crippen LogP contribution in [0, 0.1) is 11.8 Å². The number of carbonyl (C=O) groups is 1. The van der Waals surface area contributed by atoms with E-state index in [2.05, 4.69) is 9.97 Å². The number of halogens is 1. The van der Waals surface area contributed by atoms with E-state index in [-0.39, 0.29) is 0 Å². The highest BCUT2D eigenvalue weighted by Gasteiger charge is 2.39. The van der Waals surface area contributed by atoms with Crippen LogP contribution in [0.4, 0.5) is 0 Å². The van der Waals surface area contributed by atoms with Gasteiger partial charge in [0.2, 0.25) is 11.8 Å². The molecule has 2 fully saturated rings. The second kappa shape index (κ2) is 4.72. The molecule has 0 unspecified atom stereocenters. The first-order valence-corrected chi connectivity index (χ1v) is 6.49. The van der Waals surface area contributed by atoms with Crippen molar-refractivity contribution in [2.75, 3.05) is 19.7 Å². The third-order valence-corrected chi connectivity index (χ3v) is 3.43. The van der Waals surface area contributed by atoms with Gasteiger partial charge in [0.1, 0.15) is 0 Å². The monoisotopic (exact) mass is 267 g/mol. The summed E-state index contributed by atoms with van der Waals surface area (Å²) in [6.07, 6.45) is 5.13. The normalized spacial score (nSPS) is 19.5. The van der Waals surface area contributed by atoms with Crippen LogP contribution in [-0.2, 0) is 4.79 Å². The number of likely N-dealkylation sites (tertiary alicyclic amines) is 1. The maximum Gasteiger partial charge on any atom is 0.233 e. The van der Waals surface area contributed by atoms with Crippen LogP contribution in [0.5, 0.6) is 5.88 Å². The van der Waals surface area contributed by atoms with Gasteiger partial charge in [0.15, 0.2) is 5.15 Å². The first-order chi connectivity index (χ1) is 8.72. The Hall–Kier alpha value is -1.36. The fourth-order valence-corrected chi connectivity index (χ4v) is 2.18. The van der Waals surface area contributed by atoms with Crippen molar-refractivity contribution >= 4 is 17.5 Å². The second-order valence-corrected chi connectivity index (χ2v) is 5.26. The smallest absolute Gasteiger partial charge is 0.233 e. The van der Waals surface area contributed by atoms with E-state index in [1.165, 1.54) is 12.4 Å². The molecule has 3 rings (SSSR count). The zero-order valence-electron chi connectivity index (χ0n) is 9.88. The van der Waals surface area contributed by atoms with Crippen molar-refractivity contribution in [2.24, 2.45) is 11.8 Å². The Morgan fingerprint density at radius 3 is 2.89 bits per heavy atom. The summed E-state index contributed by atoms with van der Waals surface area (Å²) in [5.74, 6) is 1.46. The van der Waals surface area contributed by atoms with E-state index < -0.39 is 0 Å². The molecule has 1 aromatic heterocycles. The van der Waals surface area contributed by atoms with Gasteiger partial charge in [-0.25, -0.2) is 0 Å². The van der Waals surface area contributed by atoms with Crippen LogP contribution >= 0.6 is 11.6 Å². The van der Waals surface area contributed by atoms with Gasteiger partial charge in [-0.1, -0.05) is 11.6 Å². The van der Waals surface area contributed by atoms with Gasteiger partial charge in [0, 0.05) is 24.9 Å². The molecule has 1 aliphatic carbocycles. The van der Waals surface area contributed by atoms with E-state index >= 15 is 0 Å². The summed E-state index contributed by atoms with van der Waals surface area (Å²) in [7, 11) is 0. The summed E-state index contributed by atoms with van der Waals surface area (Å²) < 4.78 is 5.50. The molecule has 0 radical (unpaired) electrons. The van der Waals surface area contributed by atoms with E-state index in [4.69, 9.17) is 16.3 Å². The number of carbonyl (C=O) groups excluding carboxylic acids is 1. The van der Waals surface area contributed by atoms with Crippen LogP contribution in [0.3, 0.4) is 0 Å². The highest BCUT2D eigenvalue weighted by atomic mass is 35.5. The minimum Gasteiger partial charge on any atom is -0.476 e. The van der Waals surface area contributed by atoms with Gasteiger partial charge in [-0.3, -0.25) is 9.78 Å². The molecular weight excluding hydrogens is 254 g/mol. The van der Waals surface area contributed by atoms with Gasteiger partial charge in [-0.05, 0) is 12.8 Å². The number of hydrogen-bond acceptors (Lipinski definition) is 4. The number of aromatic nitrogens is 2. The van der Waals surface area contributed by atoms with Crippen molar-refractivity contribution in [3.8, 4) is 5.88 Å². The third-order valence-electron chi connectivity index (χ3n) is 3.25. The average molecular weight is 268 g/mol. The summed E-state index contributed by atoms with van der Waals surface area (Å²) in [5.41, 5.74) is 0. The Morgan fingerprint density at radius 1 is 1.44 bits per heavy atom. The van der Waals surface area contributed by atoms with Crippen LogP contribution in [-0.4, -0.2) is 40.5 Å². The highest BCUT2D eigenvalue weighted by Crippen LogP contribution is 2.33. The second-order valence-electron chi connectivity index (χ2n) is 4.87. The molecule has 0 atom stereocenters. The minimum absolute atomic E-state index is 0.311. The van der Waals surface area contributed by atoms with Gasteiger partial charge < -0.3 is 9.64 Å². The largest absolute Gasteiger partial charge is 0.476 e. The first-order valence-electron chi connectivity index (χ1n) is 6.11. The Kier molecular flexibility index (Phi) is 3.07. The fraction of sp³-hybridized carbons (Fsp3) is 0.583.